The van der Waals surface area contributed by atoms with Gasteiger partial charge >= 0.3 is 11.9 Å². The summed E-state index contributed by atoms with van der Waals surface area (Å²) in [6.07, 6.45) is 0. The Morgan fingerprint density at radius 3 is 2.11 bits per heavy atom. The van der Waals surface area contributed by atoms with Crippen molar-refractivity contribution < 1.29 is 24.2 Å². The number of carboxylic acid groups (broad SMARTS) is 1. The van der Waals surface area contributed by atoms with E-state index in [2.05, 4.69) is 0 Å². The molecule has 0 unspecified atom stereocenters. The van der Waals surface area contributed by atoms with Crippen LogP contribution in [0.1, 0.15) is 13.8 Å². The standard InChI is InChI=1S/C12H13NO5/c1-8(14)13(7-12(16)17)10-3-5-11(6-4-10)18-9(2)15/h3-6H,7H2,1-2H3,(H,16,17). The number of rotatable bonds is 4. The molecule has 96 valence electrons. The number of esters is 1. The fraction of sp³-hybridized carbons (Fsp3) is 0.250. The summed E-state index contributed by atoms with van der Waals surface area (Å²) in [5.74, 6) is -1.59. The van der Waals surface area contributed by atoms with Crippen LogP contribution in [0.4, 0.5) is 5.69 Å². The Kier molecular flexibility index (Phi) is 4.42. The van der Waals surface area contributed by atoms with Gasteiger partial charge in [0.2, 0.25) is 5.91 Å². The molecule has 1 amide bonds. The Hall–Kier alpha value is -2.37. The molecule has 0 bridgehead atoms. The quantitative estimate of drug-likeness (QED) is 0.638. The molecule has 0 aliphatic rings. The summed E-state index contributed by atoms with van der Waals surface area (Å²) in [6, 6.07) is 6.02. The molecule has 0 spiro atoms. The Labute approximate surface area is 104 Å². The maximum atomic E-state index is 11.3. The average molecular weight is 251 g/mol. The van der Waals surface area contributed by atoms with Crippen molar-refractivity contribution in [3.8, 4) is 5.75 Å². The molecule has 0 aliphatic carbocycles. The second-order valence-electron chi connectivity index (χ2n) is 3.59. The molecule has 1 rings (SSSR count). The number of nitrogens with zero attached hydrogens (tertiary/aromatic N) is 1. The molecule has 6 nitrogen and oxygen atoms in total. The molecule has 0 saturated heterocycles. The van der Waals surface area contributed by atoms with E-state index in [9.17, 15) is 14.4 Å². The summed E-state index contributed by atoms with van der Waals surface area (Å²) in [4.78, 5) is 33.8. The first-order chi connectivity index (χ1) is 8.40. The number of carbonyl (C=O) groups excluding carboxylic acids is 2. The highest BCUT2D eigenvalue weighted by atomic mass is 16.5. The number of benzene rings is 1. The van der Waals surface area contributed by atoms with Gasteiger partial charge in [-0.1, -0.05) is 0 Å². The third-order valence-electron chi connectivity index (χ3n) is 2.08. The third-order valence-corrected chi connectivity index (χ3v) is 2.08. The first kappa shape index (κ1) is 13.7. The minimum absolute atomic E-state index is 0.338. The molecule has 1 aromatic carbocycles. The van der Waals surface area contributed by atoms with Crippen LogP contribution in [0.3, 0.4) is 0 Å². The summed E-state index contributed by atoms with van der Waals surface area (Å²) >= 11 is 0. The maximum absolute atomic E-state index is 11.3. The highest BCUT2D eigenvalue weighted by molar-refractivity contribution is 5.95. The number of amides is 1. The van der Waals surface area contributed by atoms with E-state index in [-0.39, 0.29) is 5.91 Å². The lowest BCUT2D eigenvalue weighted by atomic mass is 10.2. The van der Waals surface area contributed by atoms with Crippen molar-refractivity contribution >= 4 is 23.5 Å². The molecule has 6 heteroatoms. The van der Waals surface area contributed by atoms with Gasteiger partial charge in [-0.15, -0.1) is 0 Å². The molecule has 0 fully saturated rings. The highest BCUT2D eigenvalue weighted by Gasteiger charge is 2.15. The van der Waals surface area contributed by atoms with Gasteiger partial charge in [0.25, 0.3) is 0 Å². The molecule has 0 aromatic heterocycles. The van der Waals surface area contributed by atoms with Gasteiger partial charge in [-0.3, -0.25) is 14.4 Å². The van der Waals surface area contributed by atoms with E-state index in [0.29, 0.717) is 11.4 Å². The van der Waals surface area contributed by atoms with E-state index in [4.69, 9.17) is 9.84 Å². The number of carbonyl (C=O) groups is 3. The molecule has 0 atom stereocenters. The first-order valence-corrected chi connectivity index (χ1v) is 5.18. The van der Waals surface area contributed by atoms with Crippen molar-refractivity contribution in [2.45, 2.75) is 13.8 Å². The Bertz CT molecular complexity index is 466. The second-order valence-corrected chi connectivity index (χ2v) is 3.59. The number of hydrogen-bond acceptors (Lipinski definition) is 4. The minimum Gasteiger partial charge on any atom is -0.480 e. The lowest BCUT2D eigenvalue weighted by Gasteiger charge is -2.18. The van der Waals surface area contributed by atoms with Crippen LogP contribution >= 0.6 is 0 Å². The van der Waals surface area contributed by atoms with Crippen molar-refractivity contribution in [2.75, 3.05) is 11.4 Å². The van der Waals surface area contributed by atoms with Crippen molar-refractivity contribution in [1.29, 1.82) is 0 Å². The van der Waals surface area contributed by atoms with E-state index in [1.165, 1.54) is 38.1 Å². The van der Waals surface area contributed by atoms with Crippen LogP contribution in [0, 0.1) is 0 Å². The summed E-state index contributed by atoms with van der Waals surface area (Å²) in [5, 5.41) is 8.70. The van der Waals surface area contributed by atoms with Crippen LogP contribution in [-0.2, 0) is 14.4 Å². The van der Waals surface area contributed by atoms with Crippen LogP contribution in [-0.4, -0.2) is 29.5 Å². The summed E-state index contributed by atoms with van der Waals surface area (Å²) in [6.45, 7) is 2.14. The highest BCUT2D eigenvalue weighted by Crippen LogP contribution is 2.19. The van der Waals surface area contributed by atoms with Crippen molar-refractivity contribution in [2.24, 2.45) is 0 Å². The molecule has 18 heavy (non-hydrogen) atoms. The zero-order valence-corrected chi connectivity index (χ0v) is 10.0. The van der Waals surface area contributed by atoms with Crippen molar-refractivity contribution in [3.05, 3.63) is 24.3 Å². The van der Waals surface area contributed by atoms with E-state index >= 15 is 0 Å². The average Bonchev–Trinajstić information content (AvgIpc) is 2.26. The van der Waals surface area contributed by atoms with Gasteiger partial charge in [-0.2, -0.15) is 0 Å². The van der Waals surface area contributed by atoms with Crippen LogP contribution in [0.2, 0.25) is 0 Å². The monoisotopic (exact) mass is 251 g/mol. The number of hydrogen-bond donors (Lipinski definition) is 1. The number of ether oxygens (including phenoxy) is 1. The fourth-order valence-corrected chi connectivity index (χ4v) is 1.38. The number of aliphatic carboxylic acids is 1. The van der Waals surface area contributed by atoms with Gasteiger partial charge in [0.1, 0.15) is 12.3 Å². The first-order valence-electron chi connectivity index (χ1n) is 5.18. The topological polar surface area (TPSA) is 83.9 Å². The fourth-order valence-electron chi connectivity index (χ4n) is 1.38. The van der Waals surface area contributed by atoms with Gasteiger partial charge < -0.3 is 14.7 Å². The molecule has 0 heterocycles. The van der Waals surface area contributed by atoms with Gasteiger partial charge in [0.05, 0.1) is 0 Å². The molecular formula is C12H13NO5. The van der Waals surface area contributed by atoms with Crippen LogP contribution in [0.15, 0.2) is 24.3 Å². The van der Waals surface area contributed by atoms with E-state index in [0.717, 1.165) is 4.90 Å². The van der Waals surface area contributed by atoms with E-state index in [1.807, 2.05) is 0 Å². The normalized spacial score (nSPS) is 9.67. The van der Waals surface area contributed by atoms with Gasteiger partial charge in [-0.05, 0) is 24.3 Å². The predicted octanol–water partition coefficient (Wildman–Crippen LogP) is 1.05. The Morgan fingerprint density at radius 1 is 1.17 bits per heavy atom. The van der Waals surface area contributed by atoms with Gasteiger partial charge in [0.15, 0.2) is 0 Å². The second kappa shape index (κ2) is 5.81. The summed E-state index contributed by atoms with van der Waals surface area (Å²) in [5.41, 5.74) is 0.431. The number of anilines is 1. The Balaban J connectivity index is 2.90. The molecule has 0 saturated carbocycles. The van der Waals surface area contributed by atoms with E-state index in [1.54, 1.807) is 0 Å². The lowest BCUT2D eigenvalue weighted by Crippen LogP contribution is -2.33. The van der Waals surface area contributed by atoms with E-state index < -0.39 is 18.5 Å². The molecule has 0 aliphatic heterocycles. The van der Waals surface area contributed by atoms with Crippen molar-refractivity contribution in [1.82, 2.24) is 0 Å². The van der Waals surface area contributed by atoms with Crippen LogP contribution < -0.4 is 9.64 Å². The SMILES string of the molecule is CC(=O)Oc1ccc(N(CC(=O)O)C(C)=O)cc1. The number of carboxylic acids is 1. The smallest absolute Gasteiger partial charge is 0.323 e. The Morgan fingerprint density at radius 2 is 1.72 bits per heavy atom. The van der Waals surface area contributed by atoms with Crippen LogP contribution in [0.25, 0.3) is 0 Å². The predicted molar refractivity (Wildman–Crippen MR) is 63.4 cm³/mol. The molecule has 1 aromatic rings. The summed E-state index contributed by atoms with van der Waals surface area (Å²) < 4.78 is 4.83. The lowest BCUT2D eigenvalue weighted by molar-refractivity contribution is -0.136. The van der Waals surface area contributed by atoms with Gasteiger partial charge in [-0.25, -0.2) is 0 Å². The molecule has 0 radical (unpaired) electrons. The zero-order chi connectivity index (χ0) is 13.7. The molecular weight excluding hydrogens is 238 g/mol. The zero-order valence-electron chi connectivity index (χ0n) is 10.0. The summed E-state index contributed by atoms with van der Waals surface area (Å²) in [7, 11) is 0. The van der Waals surface area contributed by atoms with Crippen molar-refractivity contribution in [3.63, 3.8) is 0 Å². The maximum Gasteiger partial charge on any atom is 0.323 e. The third kappa shape index (κ3) is 3.89. The van der Waals surface area contributed by atoms with Gasteiger partial charge in [0, 0.05) is 19.5 Å². The van der Waals surface area contributed by atoms with Crippen LogP contribution in [0.5, 0.6) is 5.75 Å². The largest absolute Gasteiger partial charge is 0.480 e. The molecule has 1 N–H and O–H groups in total. The minimum atomic E-state index is -1.10.